The first-order valence-corrected chi connectivity index (χ1v) is 9.40. The number of carbonyl (C=O) groups is 1. The van der Waals surface area contributed by atoms with E-state index in [1.807, 2.05) is 24.1 Å². The molecule has 1 aromatic carbocycles. The normalized spacial score (nSPS) is 16.9. The Labute approximate surface area is 153 Å². The summed E-state index contributed by atoms with van der Waals surface area (Å²) in [5.74, 6) is 1.62. The molecule has 3 heterocycles. The minimum Gasteiger partial charge on any atom is -0.342 e. The topological polar surface area (TPSA) is 66.8 Å². The van der Waals surface area contributed by atoms with Crippen molar-refractivity contribution < 1.29 is 4.79 Å². The van der Waals surface area contributed by atoms with Gasteiger partial charge in [0.1, 0.15) is 11.9 Å². The van der Waals surface area contributed by atoms with E-state index in [2.05, 4.69) is 35.2 Å². The number of para-hydroxylation sites is 1. The fraction of sp³-hybridized carbons (Fsp3) is 0.450. The quantitative estimate of drug-likeness (QED) is 0.783. The Kier molecular flexibility index (Phi) is 4.49. The summed E-state index contributed by atoms with van der Waals surface area (Å²) in [6, 6.07) is 7.89. The van der Waals surface area contributed by atoms with E-state index in [0.717, 1.165) is 49.2 Å². The fourth-order valence-electron chi connectivity index (χ4n) is 3.91. The van der Waals surface area contributed by atoms with Crippen molar-refractivity contribution in [3.8, 4) is 0 Å². The first kappa shape index (κ1) is 16.8. The molecular weight excluding hydrogens is 326 g/mol. The molecule has 6 nitrogen and oxygen atoms in total. The average Bonchev–Trinajstić information content (AvgIpc) is 3.33. The molecule has 3 aromatic rings. The van der Waals surface area contributed by atoms with Gasteiger partial charge < -0.3 is 9.88 Å². The van der Waals surface area contributed by atoms with Gasteiger partial charge in [0.25, 0.3) is 0 Å². The zero-order chi connectivity index (χ0) is 18.1. The number of likely N-dealkylation sites (tertiary alicyclic amines) is 1. The van der Waals surface area contributed by atoms with Crippen LogP contribution in [-0.2, 0) is 4.79 Å². The summed E-state index contributed by atoms with van der Waals surface area (Å²) in [4.78, 5) is 23.2. The monoisotopic (exact) mass is 351 g/mol. The lowest BCUT2D eigenvalue weighted by Gasteiger charge is -2.33. The molecule has 26 heavy (non-hydrogen) atoms. The highest BCUT2D eigenvalue weighted by atomic mass is 16.2. The summed E-state index contributed by atoms with van der Waals surface area (Å²) >= 11 is 0. The molecule has 1 fully saturated rings. The molecule has 0 spiro atoms. The molecule has 0 radical (unpaired) electrons. The number of piperidine rings is 1. The standard InChI is InChI=1S/C20H25N5O/c1-3-17(25-11-5-10-21-25)20(26)24-12-8-15(9-13-24)19-22-16-7-4-6-14(2)18(16)23-19/h4-7,10-11,15,17H,3,8-9,12-13H2,1-2H3,(H,22,23). The Morgan fingerprint density at radius 3 is 2.77 bits per heavy atom. The predicted octanol–water partition coefficient (Wildman–Crippen LogP) is 3.43. The van der Waals surface area contributed by atoms with E-state index < -0.39 is 0 Å². The number of nitrogens with zero attached hydrogens (tertiary/aromatic N) is 4. The number of fused-ring (bicyclic) bond motifs is 1. The van der Waals surface area contributed by atoms with Crippen molar-refractivity contribution in [2.45, 2.75) is 45.1 Å². The third kappa shape index (κ3) is 3.00. The molecule has 136 valence electrons. The second-order valence-corrected chi connectivity index (χ2v) is 7.10. The third-order valence-electron chi connectivity index (χ3n) is 5.44. The van der Waals surface area contributed by atoms with E-state index in [0.29, 0.717) is 5.92 Å². The Morgan fingerprint density at radius 2 is 2.12 bits per heavy atom. The molecule has 1 unspecified atom stereocenters. The maximum absolute atomic E-state index is 12.9. The first-order valence-electron chi connectivity index (χ1n) is 9.40. The van der Waals surface area contributed by atoms with Crippen LogP contribution in [0.3, 0.4) is 0 Å². The molecule has 1 aliphatic heterocycles. The number of H-pyrrole nitrogens is 1. The molecular formula is C20H25N5O. The number of imidazole rings is 1. The van der Waals surface area contributed by atoms with Gasteiger partial charge in [0.2, 0.25) is 5.91 Å². The van der Waals surface area contributed by atoms with Crippen LogP contribution in [0.1, 0.15) is 49.5 Å². The Bertz CT molecular complexity index is 890. The molecule has 1 amide bonds. The van der Waals surface area contributed by atoms with Gasteiger partial charge in [-0.05, 0) is 43.9 Å². The number of hydrogen-bond acceptors (Lipinski definition) is 3. The van der Waals surface area contributed by atoms with E-state index in [1.165, 1.54) is 5.56 Å². The van der Waals surface area contributed by atoms with E-state index in [1.54, 1.807) is 10.9 Å². The van der Waals surface area contributed by atoms with Crippen LogP contribution < -0.4 is 0 Å². The molecule has 0 bridgehead atoms. The largest absolute Gasteiger partial charge is 0.342 e. The van der Waals surface area contributed by atoms with Crippen molar-refractivity contribution in [2.75, 3.05) is 13.1 Å². The number of aromatic nitrogens is 4. The number of aromatic amines is 1. The Balaban J connectivity index is 1.45. The second kappa shape index (κ2) is 6.94. The highest BCUT2D eigenvalue weighted by Gasteiger charge is 2.30. The lowest BCUT2D eigenvalue weighted by Crippen LogP contribution is -2.42. The predicted molar refractivity (Wildman–Crippen MR) is 101 cm³/mol. The Morgan fingerprint density at radius 1 is 1.31 bits per heavy atom. The number of hydrogen-bond donors (Lipinski definition) is 1. The lowest BCUT2D eigenvalue weighted by molar-refractivity contribution is -0.136. The number of nitrogens with one attached hydrogen (secondary N) is 1. The molecule has 0 saturated carbocycles. The molecule has 6 heteroatoms. The van der Waals surface area contributed by atoms with E-state index in [4.69, 9.17) is 4.98 Å². The molecule has 2 aromatic heterocycles. The smallest absolute Gasteiger partial charge is 0.247 e. The number of carbonyl (C=O) groups excluding carboxylic acids is 1. The number of benzene rings is 1. The summed E-state index contributed by atoms with van der Waals surface area (Å²) < 4.78 is 1.77. The van der Waals surface area contributed by atoms with Crippen LogP contribution >= 0.6 is 0 Å². The van der Waals surface area contributed by atoms with Gasteiger partial charge in [-0.25, -0.2) is 4.98 Å². The second-order valence-electron chi connectivity index (χ2n) is 7.10. The maximum Gasteiger partial charge on any atom is 0.247 e. The minimum atomic E-state index is -0.199. The highest BCUT2D eigenvalue weighted by Crippen LogP contribution is 2.29. The van der Waals surface area contributed by atoms with Crippen LogP contribution in [0.15, 0.2) is 36.7 Å². The van der Waals surface area contributed by atoms with Gasteiger partial charge in [-0.2, -0.15) is 5.10 Å². The van der Waals surface area contributed by atoms with Gasteiger partial charge in [-0.1, -0.05) is 19.1 Å². The number of aryl methyl sites for hydroxylation is 1. The van der Waals surface area contributed by atoms with Crippen molar-refractivity contribution >= 4 is 16.9 Å². The van der Waals surface area contributed by atoms with Crippen LogP contribution in [0.4, 0.5) is 0 Å². The summed E-state index contributed by atoms with van der Waals surface area (Å²) in [7, 11) is 0. The lowest BCUT2D eigenvalue weighted by atomic mass is 9.95. The van der Waals surface area contributed by atoms with Crippen LogP contribution in [-0.4, -0.2) is 43.6 Å². The van der Waals surface area contributed by atoms with Gasteiger partial charge in [-0.3, -0.25) is 9.48 Å². The van der Waals surface area contributed by atoms with E-state index in [-0.39, 0.29) is 11.9 Å². The van der Waals surface area contributed by atoms with Crippen LogP contribution in [0.25, 0.3) is 11.0 Å². The van der Waals surface area contributed by atoms with Gasteiger partial charge in [0, 0.05) is 31.4 Å². The number of rotatable bonds is 4. The van der Waals surface area contributed by atoms with Gasteiger partial charge in [-0.15, -0.1) is 0 Å². The summed E-state index contributed by atoms with van der Waals surface area (Å²) in [5, 5.41) is 4.25. The van der Waals surface area contributed by atoms with Crippen LogP contribution in [0, 0.1) is 6.92 Å². The van der Waals surface area contributed by atoms with Crippen molar-refractivity contribution in [3.05, 3.63) is 48.0 Å². The van der Waals surface area contributed by atoms with Crippen molar-refractivity contribution in [3.63, 3.8) is 0 Å². The average molecular weight is 351 g/mol. The van der Waals surface area contributed by atoms with Gasteiger partial charge in [0.05, 0.1) is 11.0 Å². The minimum absolute atomic E-state index is 0.176. The van der Waals surface area contributed by atoms with E-state index >= 15 is 0 Å². The summed E-state index contributed by atoms with van der Waals surface area (Å²) in [6.45, 7) is 5.68. The first-order chi connectivity index (χ1) is 12.7. The third-order valence-corrected chi connectivity index (χ3v) is 5.44. The molecule has 1 atom stereocenters. The van der Waals surface area contributed by atoms with Crippen molar-refractivity contribution in [2.24, 2.45) is 0 Å². The fourth-order valence-corrected chi connectivity index (χ4v) is 3.91. The van der Waals surface area contributed by atoms with Crippen LogP contribution in [0.2, 0.25) is 0 Å². The van der Waals surface area contributed by atoms with Gasteiger partial charge in [0.15, 0.2) is 0 Å². The molecule has 4 rings (SSSR count). The highest BCUT2D eigenvalue weighted by molar-refractivity contribution is 5.80. The molecule has 1 saturated heterocycles. The SMILES string of the molecule is CCC(C(=O)N1CCC(c2nc3c(C)cccc3[nH]2)CC1)n1cccn1. The van der Waals surface area contributed by atoms with Crippen molar-refractivity contribution in [1.29, 1.82) is 0 Å². The molecule has 1 N–H and O–H groups in total. The van der Waals surface area contributed by atoms with Crippen LogP contribution in [0.5, 0.6) is 0 Å². The zero-order valence-corrected chi connectivity index (χ0v) is 15.4. The Hall–Kier alpha value is -2.63. The van der Waals surface area contributed by atoms with Gasteiger partial charge >= 0.3 is 0 Å². The van der Waals surface area contributed by atoms with E-state index in [9.17, 15) is 4.79 Å². The number of amides is 1. The maximum atomic E-state index is 12.9. The zero-order valence-electron chi connectivity index (χ0n) is 15.4. The summed E-state index contributed by atoms with van der Waals surface area (Å²) in [6.07, 6.45) is 6.24. The molecule has 1 aliphatic rings. The van der Waals surface area contributed by atoms with Crippen molar-refractivity contribution in [1.82, 2.24) is 24.6 Å². The molecule has 0 aliphatic carbocycles. The summed E-state index contributed by atoms with van der Waals surface area (Å²) in [5.41, 5.74) is 3.36.